The fourth-order valence-electron chi connectivity index (χ4n) is 2.94. The van der Waals surface area contributed by atoms with Crippen LogP contribution in [0.2, 0.25) is 0 Å². The normalized spacial score (nSPS) is 11.1. The van der Waals surface area contributed by atoms with Crippen molar-refractivity contribution in [2.75, 3.05) is 12.4 Å². The monoisotopic (exact) mass is 355 g/mol. The van der Waals surface area contributed by atoms with E-state index in [2.05, 4.69) is 15.3 Å². The third kappa shape index (κ3) is 3.48. The highest BCUT2D eigenvalue weighted by Gasteiger charge is 2.09. The molecule has 0 aliphatic carbocycles. The Morgan fingerprint density at radius 1 is 1.00 bits per heavy atom. The number of anilines is 1. The molecule has 27 heavy (non-hydrogen) atoms. The van der Waals surface area contributed by atoms with Crippen LogP contribution >= 0.6 is 0 Å². The van der Waals surface area contributed by atoms with Gasteiger partial charge in [-0.1, -0.05) is 18.2 Å². The number of fused-ring (bicyclic) bond motifs is 3. The first kappa shape index (κ1) is 16.7. The van der Waals surface area contributed by atoms with E-state index in [0.717, 1.165) is 33.1 Å². The zero-order valence-electron chi connectivity index (χ0n) is 14.7. The second-order valence-electron chi connectivity index (χ2n) is 5.99. The maximum Gasteiger partial charge on any atom is 0.248 e. The molecule has 0 fully saturated rings. The van der Waals surface area contributed by atoms with Crippen LogP contribution in [0.15, 0.2) is 73.1 Å². The lowest BCUT2D eigenvalue weighted by molar-refractivity contribution is -0.111. The first-order valence-electron chi connectivity index (χ1n) is 8.50. The molecule has 0 unspecified atom stereocenters. The molecule has 1 amide bonds. The number of carbonyl (C=O) groups is 1. The molecule has 0 radical (unpaired) electrons. The number of pyridine rings is 2. The average molecular weight is 355 g/mol. The fraction of sp³-hybridized carbons (Fsp3) is 0.0455. The molecule has 0 aliphatic heterocycles. The van der Waals surface area contributed by atoms with Crippen LogP contribution in [0.25, 0.3) is 27.9 Å². The number of rotatable bonds is 4. The SMILES string of the molecule is COc1ccc(/C=C/C(=O)Nc2cc3cccnc3c3ncccc23)cc1. The van der Waals surface area contributed by atoms with Crippen LogP contribution in [0.4, 0.5) is 5.69 Å². The van der Waals surface area contributed by atoms with Crippen LogP contribution in [0.1, 0.15) is 5.56 Å². The van der Waals surface area contributed by atoms with Crippen molar-refractivity contribution in [1.29, 1.82) is 0 Å². The largest absolute Gasteiger partial charge is 0.497 e. The predicted molar refractivity (Wildman–Crippen MR) is 108 cm³/mol. The van der Waals surface area contributed by atoms with E-state index in [0.29, 0.717) is 5.69 Å². The molecule has 1 N–H and O–H groups in total. The summed E-state index contributed by atoms with van der Waals surface area (Å²) in [6, 6.07) is 17.0. The van der Waals surface area contributed by atoms with Gasteiger partial charge in [0, 0.05) is 29.2 Å². The van der Waals surface area contributed by atoms with Crippen molar-refractivity contribution in [1.82, 2.24) is 9.97 Å². The van der Waals surface area contributed by atoms with Crippen LogP contribution in [0.5, 0.6) is 5.75 Å². The lowest BCUT2D eigenvalue weighted by Gasteiger charge is -2.09. The van der Waals surface area contributed by atoms with Gasteiger partial charge in [-0.15, -0.1) is 0 Å². The third-order valence-electron chi connectivity index (χ3n) is 4.26. The third-order valence-corrected chi connectivity index (χ3v) is 4.26. The Hall–Kier alpha value is -3.73. The molecule has 0 aliphatic rings. The Morgan fingerprint density at radius 2 is 1.74 bits per heavy atom. The Labute approximate surface area is 156 Å². The molecule has 0 atom stereocenters. The molecule has 5 nitrogen and oxygen atoms in total. The number of hydrogen-bond acceptors (Lipinski definition) is 4. The smallest absolute Gasteiger partial charge is 0.248 e. The number of hydrogen-bond donors (Lipinski definition) is 1. The minimum absolute atomic E-state index is 0.209. The zero-order valence-corrected chi connectivity index (χ0v) is 14.7. The molecule has 132 valence electrons. The summed E-state index contributed by atoms with van der Waals surface area (Å²) in [5, 5.41) is 4.74. The van der Waals surface area contributed by atoms with Gasteiger partial charge in [-0.05, 0) is 48.0 Å². The van der Waals surface area contributed by atoms with E-state index in [4.69, 9.17) is 4.74 Å². The van der Waals surface area contributed by atoms with Gasteiger partial charge in [0.25, 0.3) is 0 Å². The van der Waals surface area contributed by atoms with E-state index in [-0.39, 0.29) is 5.91 Å². The van der Waals surface area contributed by atoms with E-state index in [1.807, 2.05) is 54.6 Å². The molecule has 0 spiro atoms. The summed E-state index contributed by atoms with van der Waals surface area (Å²) in [5.74, 6) is 0.569. The summed E-state index contributed by atoms with van der Waals surface area (Å²) >= 11 is 0. The van der Waals surface area contributed by atoms with E-state index in [9.17, 15) is 4.79 Å². The van der Waals surface area contributed by atoms with Gasteiger partial charge in [0.05, 0.1) is 23.8 Å². The molecule has 0 bridgehead atoms. The number of carbonyl (C=O) groups excluding carboxylic acids is 1. The lowest BCUT2D eigenvalue weighted by atomic mass is 10.1. The summed E-state index contributed by atoms with van der Waals surface area (Å²) in [6.07, 6.45) is 6.74. The van der Waals surface area contributed by atoms with Crippen LogP contribution in [-0.2, 0) is 4.79 Å². The first-order valence-corrected chi connectivity index (χ1v) is 8.50. The molecule has 2 aromatic carbocycles. The fourth-order valence-corrected chi connectivity index (χ4v) is 2.94. The molecular weight excluding hydrogens is 338 g/mol. The lowest BCUT2D eigenvalue weighted by Crippen LogP contribution is -2.08. The molecule has 0 saturated heterocycles. The Morgan fingerprint density at radius 3 is 2.52 bits per heavy atom. The minimum Gasteiger partial charge on any atom is -0.497 e. The van der Waals surface area contributed by atoms with E-state index in [1.54, 1.807) is 25.6 Å². The molecule has 4 aromatic rings. The molecule has 4 rings (SSSR count). The van der Waals surface area contributed by atoms with E-state index < -0.39 is 0 Å². The molecule has 2 aromatic heterocycles. The van der Waals surface area contributed by atoms with Gasteiger partial charge in [0.1, 0.15) is 5.75 Å². The minimum atomic E-state index is -0.209. The number of aromatic nitrogens is 2. The first-order chi connectivity index (χ1) is 13.2. The number of methoxy groups -OCH3 is 1. The van der Waals surface area contributed by atoms with Gasteiger partial charge in [-0.25, -0.2) is 0 Å². The number of ether oxygens (including phenoxy) is 1. The second-order valence-corrected chi connectivity index (χ2v) is 5.99. The van der Waals surface area contributed by atoms with Gasteiger partial charge >= 0.3 is 0 Å². The topological polar surface area (TPSA) is 64.1 Å². The van der Waals surface area contributed by atoms with Crippen LogP contribution in [0.3, 0.4) is 0 Å². The standard InChI is InChI=1S/C22H17N3O2/c1-27-17-9-6-15(7-10-17)8-11-20(26)25-19-14-16-4-2-12-23-21(16)22-18(19)5-3-13-24-22/h2-14H,1H3,(H,25,26)/b11-8+. The van der Waals surface area contributed by atoms with E-state index in [1.165, 1.54) is 6.08 Å². The van der Waals surface area contributed by atoms with Crippen molar-refractivity contribution in [3.05, 3.63) is 78.6 Å². The maximum atomic E-state index is 12.4. The quantitative estimate of drug-likeness (QED) is 0.434. The Bertz CT molecular complexity index is 1150. The highest BCUT2D eigenvalue weighted by atomic mass is 16.5. The number of nitrogens with one attached hydrogen (secondary N) is 1. The van der Waals surface area contributed by atoms with Crippen molar-refractivity contribution in [3.63, 3.8) is 0 Å². The summed E-state index contributed by atoms with van der Waals surface area (Å²) in [6.45, 7) is 0. The van der Waals surface area contributed by atoms with Gasteiger partial charge < -0.3 is 10.1 Å². The highest BCUT2D eigenvalue weighted by Crippen LogP contribution is 2.29. The average Bonchev–Trinajstić information content (AvgIpc) is 2.73. The predicted octanol–water partition coefficient (Wildman–Crippen LogP) is 4.44. The van der Waals surface area contributed by atoms with Crippen molar-refractivity contribution >= 4 is 39.5 Å². The van der Waals surface area contributed by atoms with Crippen molar-refractivity contribution in [2.24, 2.45) is 0 Å². The molecule has 5 heteroatoms. The van der Waals surface area contributed by atoms with Crippen molar-refractivity contribution < 1.29 is 9.53 Å². The van der Waals surface area contributed by atoms with Crippen molar-refractivity contribution in [2.45, 2.75) is 0 Å². The molecular formula is C22H17N3O2. The van der Waals surface area contributed by atoms with Crippen LogP contribution < -0.4 is 10.1 Å². The van der Waals surface area contributed by atoms with Crippen LogP contribution in [-0.4, -0.2) is 23.0 Å². The number of nitrogens with zero attached hydrogens (tertiary/aromatic N) is 2. The van der Waals surface area contributed by atoms with Crippen molar-refractivity contribution in [3.8, 4) is 5.75 Å². The summed E-state index contributed by atoms with van der Waals surface area (Å²) in [4.78, 5) is 21.3. The summed E-state index contributed by atoms with van der Waals surface area (Å²) in [7, 11) is 1.62. The van der Waals surface area contributed by atoms with Gasteiger partial charge in [0.2, 0.25) is 5.91 Å². The number of benzene rings is 2. The zero-order chi connectivity index (χ0) is 18.6. The van der Waals surface area contributed by atoms with E-state index >= 15 is 0 Å². The van der Waals surface area contributed by atoms with Gasteiger partial charge in [-0.2, -0.15) is 0 Å². The maximum absolute atomic E-state index is 12.4. The summed E-state index contributed by atoms with van der Waals surface area (Å²) in [5.41, 5.74) is 3.22. The molecule has 0 saturated carbocycles. The number of amides is 1. The van der Waals surface area contributed by atoms with Gasteiger partial charge in [0.15, 0.2) is 0 Å². The summed E-state index contributed by atoms with van der Waals surface area (Å²) < 4.78 is 5.14. The van der Waals surface area contributed by atoms with Gasteiger partial charge in [-0.3, -0.25) is 14.8 Å². The van der Waals surface area contributed by atoms with Crippen LogP contribution in [0, 0.1) is 0 Å². The molecule has 2 heterocycles. The second kappa shape index (κ2) is 7.25. The Balaban J connectivity index is 1.63. The highest BCUT2D eigenvalue weighted by molar-refractivity contribution is 6.13. The Kier molecular flexibility index (Phi) is 4.49.